The largest absolute Gasteiger partial charge is 0.455 e. The smallest absolute Gasteiger partial charge is 0.221 e. The minimum Gasteiger partial charge on any atom is -0.455 e. The first-order valence-electron chi connectivity index (χ1n) is 20.6. The second-order valence-electron chi connectivity index (χ2n) is 15.5. The van der Waals surface area contributed by atoms with Gasteiger partial charge in [-0.15, -0.1) is 0 Å². The molecule has 0 saturated heterocycles. The number of para-hydroxylation sites is 5. The Kier molecular flexibility index (Phi) is 7.43. The Morgan fingerprint density at radius 1 is 0.371 bits per heavy atom. The van der Waals surface area contributed by atoms with Crippen molar-refractivity contribution < 1.29 is 4.42 Å². The Hall–Kier alpha value is -8.62. The average molecular weight is 796 g/mol. The van der Waals surface area contributed by atoms with E-state index in [4.69, 9.17) is 24.4 Å². The fourth-order valence-electron chi connectivity index (χ4n) is 9.07. The van der Waals surface area contributed by atoms with Crippen molar-refractivity contribution in [3.63, 3.8) is 0 Å². The maximum atomic E-state index is 6.38. The number of rotatable bonds is 6. The lowest BCUT2D eigenvalue weighted by atomic mass is 10.0. The van der Waals surface area contributed by atoms with Crippen LogP contribution in [0.4, 0.5) is 0 Å². The van der Waals surface area contributed by atoms with Crippen molar-refractivity contribution in [3.05, 3.63) is 200 Å². The molecular formula is C54H33N7O. The van der Waals surface area contributed by atoms with Gasteiger partial charge in [-0.3, -0.25) is 13.5 Å². The Morgan fingerprint density at radius 3 is 1.68 bits per heavy atom. The number of hydrogen-bond acceptors (Lipinski definition) is 5. The van der Waals surface area contributed by atoms with Gasteiger partial charge >= 0.3 is 0 Å². The maximum Gasteiger partial charge on any atom is 0.221 e. The molecule has 290 valence electrons. The monoisotopic (exact) mass is 795 g/mol. The molecule has 0 spiro atoms. The topological polar surface area (TPSA) is 79.0 Å². The molecule has 0 amide bonds. The van der Waals surface area contributed by atoms with Gasteiger partial charge in [0.05, 0.1) is 16.6 Å². The number of furan rings is 1. The standard InChI is InChI=1S/C54H33N7O/c1-4-15-35(16-5-1)50-56-51(36-29-27-34(28-30-36)40-23-14-24-42-41-21-11-13-26-47(41)62-49(40)42)58-52(57-50)37-31-32-45-46(33-37)60(39-19-8-3-9-20-39)54-55-48-43-22-10-12-25-44(43)59(53(48)61(45)54)38-17-6-2-7-18-38/h1-33H. The third kappa shape index (κ3) is 5.20. The van der Waals surface area contributed by atoms with Crippen LogP contribution in [-0.4, -0.2) is 33.5 Å². The molecule has 0 unspecified atom stereocenters. The summed E-state index contributed by atoms with van der Waals surface area (Å²) >= 11 is 0. The predicted octanol–water partition coefficient (Wildman–Crippen LogP) is 13.1. The quantitative estimate of drug-likeness (QED) is 0.167. The molecule has 0 fully saturated rings. The van der Waals surface area contributed by atoms with Gasteiger partial charge in [0.25, 0.3) is 0 Å². The van der Waals surface area contributed by atoms with E-state index < -0.39 is 0 Å². The molecule has 8 heteroatoms. The van der Waals surface area contributed by atoms with Gasteiger partial charge in [-0.2, -0.15) is 0 Å². The second-order valence-corrected chi connectivity index (χ2v) is 15.5. The Labute approximate surface area is 354 Å². The minimum atomic E-state index is 0.578. The fraction of sp³-hybridized carbons (Fsp3) is 0. The third-order valence-electron chi connectivity index (χ3n) is 11.9. The number of fused-ring (bicyclic) bond motifs is 10. The van der Waals surface area contributed by atoms with Gasteiger partial charge in [-0.25, -0.2) is 19.9 Å². The summed E-state index contributed by atoms with van der Waals surface area (Å²) in [6.07, 6.45) is 0. The van der Waals surface area contributed by atoms with Crippen molar-refractivity contribution in [1.29, 1.82) is 0 Å². The molecule has 8 nitrogen and oxygen atoms in total. The zero-order chi connectivity index (χ0) is 40.7. The highest BCUT2D eigenvalue weighted by Crippen LogP contribution is 2.39. The van der Waals surface area contributed by atoms with Crippen LogP contribution in [0.2, 0.25) is 0 Å². The molecule has 0 bridgehead atoms. The van der Waals surface area contributed by atoms with Gasteiger partial charge in [0.2, 0.25) is 5.78 Å². The summed E-state index contributed by atoms with van der Waals surface area (Å²) < 4.78 is 13.2. The first-order valence-corrected chi connectivity index (χ1v) is 20.6. The average Bonchev–Trinajstić information content (AvgIpc) is 4.08. The maximum absolute atomic E-state index is 6.38. The van der Waals surface area contributed by atoms with Crippen LogP contribution < -0.4 is 0 Å². The first kappa shape index (κ1) is 34.3. The highest BCUT2D eigenvalue weighted by Gasteiger charge is 2.25. The van der Waals surface area contributed by atoms with Crippen molar-refractivity contribution in [3.8, 4) is 56.7 Å². The van der Waals surface area contributed by atoms with Crippen molar-refractivity contribution in [2.75, 3.05) is 0 Å². The van der Waals surface area contributed by atoms with Crippen LogP contribution in [-0.2, 0) is 0 Å². The molecule has 5 aromatic heterocycles. The summed E-state index contributed by atoms with van der Waals surface area (Å²) in [7, 11) is 0. The van der Waals surface area contributed by atoms with Gasteiger partial charge in [0.1, 0.15) is 16.7 Å². The molecule has 0 radical (unpaired) electrons. The molecule has 0 aliphatic heterocycles. The van der Waals surface area contributed by atoms with Crippen LogP contribution in [0.5, 0.6) is 0 Å². The van der Waals surface area contributed by atoms with Crippen LogP contribution in [0.25, 0.3) is 117 Å². The summed E-state index contributed by atoms with van der Waals surface area (Å²) in [5.41, 5.74) is 13.6. The molecule has 0 saturated carbocycles. The highest BCUT2D eigenvalue weighted by atomic mass is 16.3. The van der Waals surface area contributed by atoms with E-state index in [-0.39, 0.29) is 0 Å². The molecule has 0 aliphatic carbocycles. The van der Waals surface area contributed by atoms with Gasteiger partial charge in [0, 0.05) is 49.8 Å². The third-order valence-corrected chi connectivity index (χ3v) is 11.9. The van der Waals surface area contributed by atoms with E-state index in [0.717, 1.165) is 100 Å². The minimum absolute atomic E-state index is 0.578. The summed E-state index contributed by atoms with van der Waals surface area (Å²) in [5, 5.41) is 3.31. The van der Waals surface area contributed by atoms with Gasteiger partial charge in [-0.05, 0) is 60.2 Å². The van der Waals surface area contributed by atoms with E-state index in [1.54, 1.807) is 0 Å². The molecule has 62 heavy (non-hydrogen) atoms. The molecule has 13 rings (SSSR count). The number of imidazole rings is 2. The van der Waals surface area contributed by atoms with Crippen LogP contribution >= 0.6 is 0 Å². The Bertz CT molecular complexity index is 3840. The van der Waals surface area contributed by atoms with Crippen molar-refractivity contribution in [2.45, 2.75) is 0 Å². The molecule has 0 atom stereocenters. The second kappa shape index (κ2) is 13.5. The number of hydrogen-bond donors (Lipinski definition) is 0. The summed E-state index contributed by atoms with van der Waals surface area (Å²) in [5.74, 6) is 2.59. The fourth-order valence-corrected chi connectivity index (χ4v) is 9.07. The summed E-state index contributed by atoms with van der Waals surface area (Å²) in [6, 6.07) is 68.9. The van der Waals surface area contributed by atoms with Crippen LogP contribution in [0.1, 0.15) is 0 Å². The van der Waals surface area contributed by atoms with E-state index in [9.17, 15) is 0 Å². The van der Waals surface area contributed by atoms with Gasteiger partial charge in [0.15, 0.2) is 23.1 Å². The molecule has 13 aromatic rings. The number of aromatic nitrogens is 7. The molecule has 0 aliphatic rings. The first-order chi connectivity index (χ1) is 30.7. The zero-order valence-corrected chi connectivity index (χ0v) is 33.1. The lowest BCUT2D eigenvalue weighted by Gasteiger charge is -2.10. The number of nitrogens with zero attached hydrogens (tertiary/aromatic N) is 7. The lowest BCUT2D eigenvalue weighted by Crippen LogP contribution is -2.00. The molecule has 5 heterocycles. The van der Waals surface area contributed by atoms with Crippen molar-refractivity contribution in [2.24, 2.45) is 0 Å². The van der Waals surface area contributed by atoms with E-state index in [0.29, 0.717) is 17.5 Å². The van der Waals surface area contributed by atoms with Crippen LogP contribution in [0.3, 0.4) is 0 Å². The van der Waals surface area contributed by atoms with Crippen molar-refractivity contribution in [1.82, 2.24) is 33.5 Å². The SMILES string of the molecule is c1ccc(-c2nc(-c3ccc(-c4cccc5c4oc4ccccc45)cc3)nc(-c3ccc4c(c3)n(-c3ccccc3)c3nc5c6ccccc6n(-c6ccccc6)c5n43)n2)cc1. The molecule has 8 aromatic carbocycles. The van der Waals surface area contributed by atoms with Gasteiger partial charge in [-0.1, -0.05) is 146 Å². The zero-order valence-electron chi connectivity index (χ0n) is 33.1. The predicted molar refractivity (Wildman–Crippen MR) is 249 cm³/mol. The van der Waals surface area contributed by atoms with Crippen LogP contribution in [0.15, 0.2) is 205 Å². The highest BCUT2D eigenvalue weighted by molar-refractivity contribution is 6.10. The summed E-state index contributed by atoms with van der Waals surface area (Å²) in [6.45, 7) is 0. The van der Waals surface area contributed by atoms with E-state index in [1.165, 1.54) is 0 Å². The Balaban J connectivity index is 1.00. The van der Waals surface area contributed by atoms with Crippen LogP contribution in [0, 0.1) is 0 Å². The lowest BCUT2D eigenvalue weighted by molar-refractivity contribution is 0.670. The van der Waals surface area contributed by atoms with E-state index in [2.05, 4.69) is 159 Å². The Morgan fingerprint density at radius 2 is 0.935 bits per heavy atom. The van der Waals surface area contributed by atoms with E-state index in [1.807, 2.05) is 54.6 Å². The summed E-state index contributed by atoms with van der Waals surface area (Å²) in [4.78, 5) is 20.8. The normalized spacial score (nSPS) is 11.9. The number of benzene rings is 8. The van der Waals surface area contributed by atoms with Crippen molar-refractivity contribution >= 4 is 60.8 Å². The molecular weight excluding hydrogens is 763 g/mol. The molecule has 0 N–H and O–H groups in total. The van der Waals surface area contributed by atoms with E-state index >= 15 is 0 Å². The van der Waals surface area contributed by atoms with Gasteiger partial charge < -0.3 is 4.42 Å².